The van der Waals surface area contributed by atoms with Crippen LogP contribution in [0.3, 0.4) is 0 Å². The smallest absolute Gasteiger partial charge is 0.250 e. The molecule has 20 heavy (non-hydrogen) atoms. The molecule has 1 aromatic heterocycles. The van der Waals surface area contributed by atoms with Gasteiger partial charge >= 0.3 is 0 Å². The van der Waals surface area contributed by atoms with Gasteiger partial charge in [-0.15, -0.1) is 11.3 Å². The van der Waals surface area contributed by atoms with Crippen LogP contribution < -0.4 is 10.0 Å². The number of hydrogen-bond donors (Lipinski definition) is 2. The summed E-state index contributed by atoms with van der Waals surface area (Å²) in [5.74, 6) is 0.526. The summed E-state index contributed by atoms with van der Waals surface area (Å²) in [7, 11) is -3.35. The summed E-state index contributed by atoms with van der Waals surface area (Å²) < 4.78 is 27.8. The minimum atomic E-state index is -3.35. The molecule has 114 valence electrons. The first-order valence-corrected chi connectivity index (χ1v) is 9.54. The molecule has 2 N–H and O–H groups in total. The Hall–Kier alpha value is -0.430. The maximum atomic E-state index is 12.3. The lowest BCUT2D eigenvalue weighted by Gasteiger charge is -2.19. The quantitative estimate of drug-likeness (QED) is 0.775. The van der Waals surface area contributed by atoms with E-state index in [0.717, 1.165) is 31.5 Å². The van der Waals surface area contributed by atoms with Gasteiger partial charge in [-0.25, -0.2) is 13.1 Å². The third-order valence-electron chi connectivity index (χ3n) is 4.20. The third-order valence-corrected chi connectivity index (χ3v) is 7.09. The Morgan fingerprint density at radius 2 is 2.10 bits per heavy atom. The van der Waals surface area contributed by atoms with Gasteiger partial charge < -0.3 is 5.32 Å². The summed E-state index contributed by atoms with van der Waals surface area (Å²) >= 11 is 1.30. The highest BCUT2D eigenvalue weighted by Crippen LogP contribution is 2.51. The van der Waals surface area contributed by atoms with Crippen molar-refractivity contribution in [1.82, 2.24) is 10.0 Å². The number of rotatable bonds is 8. The average molecular weight is 316 g/mol. The first-order valence-electron chi connectivity index (χ1n) is 7.17. The molecule has 1 fully saturated rings. The van der Waals surface area contributed by atoms with Crippen LogP contribution in [0.15, 0.2) is 15.7 Å². The van der Waals surface area contributed by atoms with Crippen LogP contribution in [0.1, 0.15) is 39.2 Å². The van der Waals surface area contributed by atoms with Crippen molar-refractivity contribution in [3.63, 3.8) is 0 Å². The van der Waals surface area contributed by atoms with E-state index in [9.17, 15) is 8.42 Å². The van der Waals surface area contributed by atoms with Crippen molar-refractivity contribution in [2.24, 2.45) is 11.3 Å². The molecular weight excluding hydrogens is 292 g/mol. The normalized spacial score (nSPS) is 17.6. The van der Waals surface area contributed by atoms with Crippen molar-refractivity contribution >= 4 is 21.4 Å². The standard InChI is InChI=1S/C14H24N2O2S2/c1-4-15-8-12-7-13(19-9-12)20(17,18)16-10-14(5-6-14)11(2)3/h7,9,11,15-16H,4-6,8,10H2,1-3H3. The highest BCUT2D eigenvalue weighted by molar-refractivity contribution is 7.91. The van der Waals surface area contributed by atoms with Gasteiger partial charge in [0.2, 0.25) is 10.0 Å². The van der Waals surface area contributed by atoms with Crippen LogP contribution in [0.4, 0.5) is 0 Å². The zero-order valence-corrected chi connectivity index (χ0v) is 14.0. The average Bonchev–Trinajstić information content (AvgIpc) is 3.05. The molecule has 1 aliphatic carbocycles. The molecular formula is C14H24N2O2S2. The van der Waals surface area contributed by atoms with E-state index in [2.05, 4.69) is 23.9 Å². The molecule has 0 radical (unpaired) electrons. The van der Waals surface area contributed by atoms with Crippen molar-refractivity contribution in [3.8, 4) is 0 Å². The van der Waals surface area contributed by atoms with Gasteiger partial charge in [-0.3, -0.25) is 0 Å². The second-order valence-electron chi connectivity index (χ2n) is 5.90. The summed E-state index contributed by atoms with van der Waals surface area (Å²) in [6, 6.07) is 1.77. The summed E-state index contributed by atoms with van der Waals surface area (Å²) in [6.45, 7) is 8.54. The number of sulfonamides is 1. The zero-order valence-electron chi connectivity index (χ0n) is 12.4. The highest BCUT2D eigenvalue weighted by Gasteiger charge is 2.45. The van der Waals surface area contributed by atoms with Crippen LogP contribution in [-0.4, -0.2) is 21.5 Å². The van der Waals surface area contributed by atoms with E-state index >= 15 is 0 Å². The van der Waals surface area contributed by atoms with E-state index in [0.29, 0.717) is 16.7 Å². The van der Waals surface area contributed by atoms with Crippen molar-refractivity contribution in [1.29, 1.82) is 0 Å². The summed E-state index contributed by atoms with van der Waals surface area (Å²) in [5, 5.41) is 5.11. The molecule has 1 saturated carbocycles. The van der Waals surface area contributed by atoms with E-state index in [4.69, 9.17) is 0 Å². The predicted molar refractivity (Wildman–Crippen MR) is 83.4 cm³/mol. The van der Waals surface area contributed by atoms with Crippen molar-refractivity contribution < 1.29 is 8.42 Å². The van der Waals surface area contributed by atoms with Crippen molar-refractivity contribution in [3.05, 3.63) is 17.0 Å². The van der Waals surface area contributed by atoms with E-state index in [1.165, 1.54) is 11.3 Å². The van der Waals surface area contributed by atoms with E-state index in [1.54, 1.807) is 6.07 Å². The third kappa shape index (κ3) is 3.61. The van der Waals surface area contributed by atoms with Gasteiger partial charge in [0, 0.05) is 13.1 Å². The van der Waals surface area contributed by atoms with Crippen molar-refractivity contribution in [2.75, 3.05) is 13.1 Å². The first kappa shape index (κ1) is 15.9. The topological polar surface area (TPSA) is 58.2 Å². The minimum absolute atomic E-state index is 0.191. The summed E-state index contributed by atoms with van der Waals surface area (Å²) in [6.07, 6.45) is 2.26. The fourth-order valence-electron chi connectivity index (χ4n) is 2.28. The molecule has 2 rings (SSSR count). The fourth-order valence-corrected chi connectivity index (χ4v) is 4.68. The van der Waals surface area contributed by atoms with Gasteiger partial charge in [0.05, 0.1) is 0 Å². The molecule has 0 saturated heterocycles. The molecule has 0 unspecified atom stereocenters. The van der Waals surface area contributed by atoms with E-state index in [1.807, 2.05) is 12.3 Å². The molecule has 6 heteroatoms. The lowest BCUT2D eigenvalue weighted by molar-refractivity contribution is 0.357. The summed E-state index contributed by atoms with van der Waals surface area (Å²) in [5.41, 5.74) is 1.22. The maximum Gasteiger partial charge on any atom is 0.250 e. The first-order chi connectivity index (χ1) is 9.39. The predicted octanol–water partition coefficient (Wildman–Crippen LogP) is 2.57. The number of hydrogen-bond acceptors (Lipinski definition) is 4. The van der Waals surface area contributed by atoms with Gasteiger partial charge in [-0.05, 0) is 47.7 Å². The van der Waals surface area contributed by atoms with Gasteiger partial charge in [0.15, 0.2) is 0 Å². The van der Waals surface area contributed by atoms with Gasteiger partial charge in [-0.2, -0.15) is 0 Å². The Morgan fingerprint density at radius 3 is 2.65 bits per heavy atom. The molecule has 0 aromatic carbocycles. The Balaban J connectivity index is 1.98. The van der Waals surface area contributed by atoms with Crippen LogP contribution >= 0.6 is 11.3 Å². The summed E-state index contributed by atoms with van der Waals surface area (Å²) in [4.78, 5) is 0. The van der Waals surface area contributed by atoms with Gasteiger partial charge in [-0.1, -0.05) is 20.8 Å². The Bertz CT molecular complexity index is 545. The lowest BCUT2D eigenvalue weighted by Crippen LogP contribution is -2.32. The molecule has 0 amide bonds. The molecule has 1 heterocycles. The maximum absolute atomic E-state index is 12.3. The molecule has 1 aliphatic rings. The number of nitrogens with one attached hydrogen (secondary N) is 2. The van der Waals surface area contributed by atoms with Crippen LogP contribution in [0, 0.1) is 11.3 Å². The van der Waals surface area contributed by atoms with Gasteiger partial charge in [0.25, 0.3) is 0 Å². The van der Waals surface area contributed by atoms with Crippen LogP contribution in [0.5, 0.6) is 0 Å². The van der Waals surface area contributed by atoms with Gasteiger partial charge in [0.1, 0.15) is 4.21 Å². The Labute approximate surface area is 126 Å². The Morgan fingerprint density at radius 1 is 1.40 bits per heavy atom. The molecule has 0 bridgehead atoms. The van der Waals surface area contributed by atoms with Crippen LogP contribution in [0.2, 0.25) is 0 Å². The second-order valence-corrected chi connectivity index (χ2v) is 8.80. The SMILES string of the molecule is CCNCc1csc(S(=O)(=O)NCC2(C(C)C)CC2)c1. The monoisotopic (exact) mass is 316 g/mol. The minimum Gasteiger partial charge on any atom is -0.313 e. The Kier molecular flexibility index (Phi) is 4.89. The molecule has 0 aliphatic heterocycles. The molecule has 0 atom stereocenters. The molecule has 4 nitrogen and oxygen atoms in total. The molecule has 1 aromatic rings. The zero-order chi connectivity index (χ0) is 14.8. The van der Waals surface area contributed by atoms with Crippen LogP contribution in [-0.2, 0) is 16.6 Å². The largest absolute Gasteiger partial charge is 0.313 e. The van der Waals surface area contributed by atoms with Crippen LogP contribution in [0.25, 0.3) is 0 Å². The lowest BCUT2D eigenvalue weighted by atomic mass is 9.93. The van der Waals surface area contributed by atoms with E-state index in [-0.39, 0.29) is 5.41 Å². The number of thiophene rings is 1. The second kappa shape index (κ2) is 6.13. The molecule has 0 spiro atoms. The fraction of sp³-hybridized carbons (Fsp3) is 0.714. The highest BCUT2D eigenvalue weighted by atomic mass is 32.2. The van der Waals surface area contributed by atoms with E-state index < -0.39 is 10.0 Å². The van der Waals surface area contributed by atoms with Crippen molar-refractivity contribution in [2.45, 2.75) is 44.4 Å².